The fourth-order valence-corrected chi connectivity index (χ4v) is 2.97. The summed E-state index contributed by atoms with van der Waals surface area (Å²) < 4.78 is 5.86. The van der Waals surface area contributed by atoms with Crippen LogP contribution in [0.4, 0.5) is 5.69 Å². The van der Waals surface area contributed by atoms with E-state index >= 15 is 0 Å². The average Bonchev–Trinajstić information content (AvgIpc) is 2.78. The van der Waals surface area contributed by atoms with E-state index < -0.39 is 11.8 Å². The van der Waals surface area contributed by atoms with Crippen molar-refractivity contribution in [3.63, 3.8) is 0 Å². The Bertz CT molecular complexity index is 1070. The molecule has 0 heterocycles. The second kappa shape index (κ2) is 9.71. The fraction of sp³-hybridized carbons (Fsp3) is 0.0455. The minimum atomic E-state index is -0.520. The Balaban J connectivity index is 1.59. The van der Waals surface area contributed by atoms with Gasteiger partial charge in [-0.25, -0.2) is 0 Å². The van der Waals surface area contributed by atoms with E-state index in [2.05, 4.69) is 32.1 Å². The lowest BCUT2D eigenvalue weighted by Gasteiger charge is -2.11. The summed E-state index contributed by atoms with van der Waals surface area (Å²) in [7, 11) is 1.46. The number of ether oxygens (including phenoxy) is 1. The fourth-order valence-electron chi connectivity index (χ4n) is 2.61. The van der Waals surface area contributed by atoms with Crippen molar-refractivity contribution in [1.29, 1.82) is 0 Å². The van der Waals surface area contributed by atoms with E-state index in [4.69, 9.17) is 4.74 Å². The second-order valence-corrected chi connectivity index (χ2v) is 7.07. The maximum Gasteiger partial charge on any atom is 0.273 e. The zero-order valence-corrected chi connectivity index (χ0v) is 17.5. The Labute approximate surface area is 181 Å². The molecular weight excluding hydrogens is 450 g/mol. The van der Waals surface area contributed by atoms with Crippen LogP contribution in [0.1, 0.15) is 31.1 Å². The first-order valence-electron chi connectivity index (χ1n) is 8.88. The number of benzene rings is 3. The Morgan fingerprint density at radius 2 is 1.40 bits per heavy atom. The number of hydrogen-bond donors (Lipinski definition) is 3. The molecule has 0 saturated heterocycles. The van der Waals surface area contributed by atoms with E-state index in [1.54, 1.807) is 66.7 Å². The summed E-state index contributed by atoms with van der Waals surface area (Å²) in [5, 5.41) is 2.76. The van der Waals surface area contributed by atoms with Gasteiger partial charge in [0.1, 0.15) is 5.75 Å². The quantitative estimate of drug-likeness (QED) is 0.497. The summed E-state index contributed by atoms with van der Waals surface area (Å²) in [4.78, 5) is 36.8. The molecule has 7 nitrogen and oxygen atoms in total. The highest BCUT2D eigenvalue weighted by Crippen LogP contribution is 2.22. The first kappa shape index (κ1) is 21.1. The number of hydrogen-bond acceptors (Lipinski definition) is 4. The average molecular weight is 468 g/mol. The van der Waals surface area contributed by atoms with E-state index in [0.717, 1.165) is 0 Å². The molecule has 30 heavy (non-hydrogen) atoms. The van der Waals surface area contributed by atoms with Crippen LogP contribution in [-0.2, 0) is 0 Å². The van der Waals surface area contributed by atoms with Gasteiger partial charge in [0.25, 0.3) is 17.7 Å². The summed E-state index contributed by atoms with van der Waals surface area (Å²) >= 11 is 3.30. The lowest BCUT2D eigenvalue weighted by molar-refractivity contribution is 0.0845. The predicted molar refractivity (Wildman–Crippen MR) is 116 cm³/mol. The van der Waals surface area contributed by atoms with E-state index in [1.165, 1.54) is 7.11 Å². The molecule has 0 unspecified atom stereocenters. The molecule has 0 spiro atoms. The van der Waals surface area contributed by atoms with Crippen molar-refractivity contribution in [2.75, 3.05) is 12.4 Å². The number of halogens is 1. The van der Waals surface area contributed by atoms with Gasteiger partial charge in [-0.05, 0) is 54.6 Å². The second-order valence-electron chi connectivity index (χ2n) is 6.15. The van der Waals surface area contributed by atoms with E-state index in [1.807, 2.05) is 6.07 Å². The molecule has 0 aliphatic rings. The van der Waals surface area contributed by atoms with Gasteiger partial charge in [-0.15, -0.1) is 0 Å². The summed E-state index contributed by atoms with van der Waals surface area (Å²) in [5.74, 6) is -0.891. The lowest BCUT2D eigenvalue weighted by Crippen LogP contribution is -2.41. The number of carbonyl (C=O) groups is 3. The summed E-state index contributed by atoms with van der Waals surface area (Å²) in [6.07, 6.45) is 0. The standard InChI is InChI=1S/C22H18BrN3O4/c1-30-19-12-9-16(23)13-18(19)22(29)26-25-21(28)15-7-10-17(11-8-15)24-20(27)14-5-3-2-4-6-14/h2-13H,1H3,(H,24,27)(H,25,28)(H,26,29). The molecule has 0 fully saturated rings. The molecule has 0 aliphatic heterocycles. The van der Waals surface area contributed by atoms with Gasteiger partial charge >= 0.3 is 0 Å². The van der Waals surface area contributed by atoms with Crippen molar-refractivity contribution in [3.8, 4) is 5.75 Å². The molecule has 0 bridgehead atoms. The van der Waals surface area contributed by atoms with Crippen molar-refractivity contribution in [2.24, 2.45) is 0 Å². The minimum absolute atomic E-state index is 0.247. The Kier molecular flexibility index (Phi) is 6.82. The number of hydrazine groups is 1. The van der Waals surface area contributed by atoms with Crippen LogP contribution < -0.4 is 20.9 Å². The Morgan fingerprint density at radius 3 is 2.07 bits per heavy atom. The molecule has 0 aromatic heterocycles. The van der Waals surface area contributed by atoms with Crippen LogP contribution >= 0.6 is 15.9 Å². The zero-order valence-electron chi connectivity index (χ0n) is 15.9. The van der Waals surface area contributed by atoms with E-state index in [0.29, 0.717) is 27.0 Å². The van der Waals surface area contributed by atoms with Crippen molar-refractivity contribution in [2.45, 2.75) is 0 Å². The first-order chi connectivity index (χ1) is 14.5. The number of methoxy groups -OCH3 is 1. The molecule has 3 amide bonds. The highest BCUT2D eigenvalue weighted by atomic mass is 79.9. The van der Waals surface area contributed by atoms with Crippen molar-refractivity contribution >= 4 is 39.3 Å². The number of carbonyl (C=O) groups excluding carboxylic acids is 3. The molecule has 3 aromatic carbocycles. The van der Waals surface area contributed by atoms with Gasteiger partial charge in [0.15, 0.2) is 0 Å². The normalized spacial score (nSPS) is 10.1. The van der Waals surface area contributed by atoms with Gasteiger partial charge < -0.3 is 10.1 Å². The molecule has 152 valence electrons. The van der Waals surface area contributed by atoms with Crippen LogP contribution in [0.2, 0.25) is 0 Å². The van der Waals surface area contributed by atoms with Gasteiger partial charge in [0.05, 0.1) is 12.7 Å². The number of anilines is 1. The minimum Gasteiger partial charge on any atom is -0.496 e. The van der Waals surface area contributed by atoms with Crippen molar-refractivity contribution in [1.82, 2.24) is 10.9 Å². The molecular formula is C22H18BrN3O4. The molecule has 0 atom stereocenters. The monoisotopic (exact) mass is 467 g/mol. The van der Waals surface area contributed by atoms with Crippen LogP contribution in [0.3, 0.4) is 0 Å². The Hall–Kier alpha value is -3.65. The largest absolute Gasteiger partial charge is 0.496 e. The highest BCUT2D eigenvalue weighted by molar-refractivity contribution is 9.10. The molecule has 3 N–H and O–H groups in total. The topological polar surface area (TPSA) is 96.5 Å². The predicted octanol–water partition coefficient (Wildman–Crippen LogP) is 3.78. The van der Waals surface area contributed by atoms with E-state index in [9.17, 15) is 14.4 Å². The highest BCUT2D eigenvalue weighted by Gasteiger charge is 2.14. The van der Waals surface area contributed by atoms with Crippen LogP contribution in [0.25, 0.3) is 0 Å². The third-order valence-corrected chi connectivity index (χ3v) is 4.63. The third-order valence-electron chi connectivity index (χ3n) is 4.14. The van der Waals surface area contributed by atoms with Crippen LogP contribution in [-0.4, -0.2) is 24.8 Å². The van der Waals surface area contributed by atoms with Crippen molar-refractivity contribution < 1.29 is 19.1 Å². The maximum absolute atomic E-state index is 12.3. The third kappa shape index (κ3) is 5.24. The van der Waals surface area contributed by atoms with Crippen LogP contribution in [0, 0.1) is 0 Å². The molecule has 3 aromatic rings. The summed E-state index contributed by atoms with van der Waals surface area (Å²) in [5.41, 5.74) is 6.38. The summed E-state index contributed by atoms with van der Waals surface area (Å²) in [6, 6.07) is 20.1. The van der Waals surface area contributed by atoms with Gasteiger partial charge in [0.2, 0.25) is 0 Å². The molecule has 0 aliphatic carbocycles. The molecule has 8 heteroatoms. The van der Waals surface area contributed by atoms with E-state index in [-0.39, 0.29) is 11.5 Å². The van der Waals surface area contributed by atoms with Gasteiger partial charge in [-0.2, -0.15) is 0 Å². The smallest absolute Gasteiger partial charge is 0.273 e. The van der Waals surface area contributed by atoms with Gasteiger partial charge in [-0.3, -0.25) is 25.2 Å². The molecule has 3 rings (SSSR count). The number of nitrogens with one attached hydrogen (secondary N) is 3. The molecule has 0 radical (unpaired) electrons. The maximum atomic E-state index is 12.3. The number of amides is 3. The lowest BCUT2D eigenvalue weighted by atomic mass is 10.1. The number of rotatable bonds is 5. The molecule has 0 saturated carbocycles. The van der Waals surface area contributed by atoms with Crippen LogP contribution in [0.15, 0.2) is 77.3 Å². The first-order valence-corrected chi connectivity index (χ1v) is 9.68. The van der Waals surface area contributed by atoms with Crippen molar-refractivity contribution in [3.05, 3.63) is 94.0 Å². The zero-order chi connectivity index (χ0) is 21.5. The summed E-state index contributed by atoms with van der Waals surface area (Å²) in [6.45, 7) is 0. The van der Waals surface area contributed by atoms with Crippen LogP contribution in [0.5, 0.6) is 5.75 Å². The SMILES string of the molecule is COc1ccc(Br)cc1C(=O)NNC(=O)c1ccc(NC(=O)c2ccccc2)cc1. The van der Waals surface area contributed by atoms with Gasteiger partial charge in [0, 0.05) is 21.3 Å². The van der Waals surface area contributed by atoms with Gasteiger partial charge in [-0.1, -0.05) is 34.1 Å². The Morgan fingerprint density at radius 1 is 0.767 bits per heavy atom.